The van der Waals surface area contributed by atoms with Gasteiger partial charge in [-0.3, -0.25) is 14.6 Å². The van der Waals surface area contributed by atoms with Crippen molar-refractivity contribution < 1.29 is 19.1 Å². The summed E-state index contributed by atoms with van der Waals surface area (Å²) < 4.78 is 11.8. The molecule has 0 spiro atoms. The fourth-order valence-electron chi connectivity index (χ4n) is 7.17. The fourth-order valence-corrected chi connectivity index (χ4v) is 7.17. The van der Waals surface area contributed by atoms with Crippen molar-refractivity contribution in [3.63, 3.8) is 0 Å². The molecule has 7 rings (SSSR count). The van der Waals surface area contributed by atoms with Crippen LogP contribution in [0.3, 0.4) is 0 Å². The number of hydrogen-bond acceptors (Lipinski definition) is 7. The molecule has 2 bridgehead atoms. The van der Waals surface area contributed by atoms with Crippen LogP contribution in [0.15, 0.2) is 52.9 Å². The van der Waals surface area contributed by atoms with Crippen LogP contribution >= 0.6 is 0 Å². The van der Waals surface area contributed by atoms with Crippen LogP contribution in [0.2, 0.25) is 0 Å². The number of carbonyl (C=O) groups excluding carboxylic acids is 1. The monoisotopic (exact) mass is 546 g/mol. The minimum Gasteiger partial charge on any atom is -0.491 e. The van der Waals surface area contributed by atoms with E-state index < -0.39 is 6.10 Å². The molecule has 40 heavy (non-hydrogen) atoms. The molecule has 8 nitrogen and oxygen atoms in total. The summed E-state index contributed by atoms with van der Waals surface area (Å²) >= 11 is 0. The second-order valence-electron chi connectivity index (χ2n) is 12.7. The first-order valence-electron chi connectivity index (χ1n) is 14.8. The standard InChI is InChI=1S/C32H42N4O4/c1-21-26-15-23(32(26,2)3)16-27(21)33-30(38)19-36-13-11-35(12-14-36)18-24(37)20-39-25-9-10-29-28(17-25)34-31(40-29)22-7-5-4-6-8-22/h4-10,17,21,23-24,26-27,37H,11-16,18-20H2,1-3H3,(H,33,38)/t21?,23?,24-,26?,27?/m1/s1. The molecule has 2 aromatic carbocycles. The maximum atomic E-state index is 12.8. The molecular formula is C32H42N4O4. The lowest BCUT2D eigenvalue weighted by molar-refractivity contribution is -0.135. The number of β-amino-alcohol motifs (C(OH)–C–C–N with tert-alkyl or cyclic N) is 1. The summed E-state index contributed by atoms with van der Waals surface area (Å²) in [6, 6.07) is 15.7. The van der Waals surface area contributed by atoms with Gasteiger partial charge in [-0.25, -0.2) is 4.98 Å². The smallest absolute Gasteiger partial charge is 0.234 e. The fraction of sp³-hybridized carbons (Fsp3) is 0.562. The van der Waals surface area contributed by atoms with Crippen LogP contribution in [0.4, 0.5) is 0 Å². The molecule has 2 N–H and O–H groups in total. The zero-order valence-electron chi connectivity index (χ0n) is 23.9. The second kappa shape index (κ2) is 11.1. The molecule has 4 aliphatic rings. The topological polar surface area (TPSA) is 91.1 Å². The number of nitrogens with one attached hydrogen (secondary N) is 1. The summed E-state index contributed by atoms with van der Waals surface area (Å²) in [6.07, 6.45) is 1.84. The van der Waals surface area contributed by atoms with E-state index in [1.807, 2.05) is 48.5 Å². The number of rotatable bonds is 9. The summed E-state index contributed by atoms with van der Waals surface area (Å²) in [7, 11) is 0. The Hall–Kier alpha value is -2.94. The lowest BCUT2D eigenvalue weighted by Crippen LogP contribution is -2.61. The zero-order chi connectivity index (χ0) is 27.9. The van der Waals surface area contributed by atoms with Gasteiger partial charge in [-0.05, 0) is 60.3 Å². The van der Waals surface area contributed by atoms with Crippen LogP contribution in [0.5, 0.6) is 5.75 Å². The number of amides is 1. The lowest BCUT2D eigenvalue weighted by Gasteiger charge is -2.62. The Morgan fingerprint density at radius 2 is 1.88 bits per heavy atom. The zero-order valence-corrected chi connectivity index (χ0v) is 23.9. The normalized spacial score (nSPS) is 27.2. The van der Waals surface area contributed by atoms with Crippen LogP contribution in [-0.4, -0.2) is 83.8 Å². The number of piperazine rings is 1. The largest absolute Gasteiger partial charge is 0.491 e. The minimum atomic E-state index is -0.605. The van der Waals surface area contributed by atoms with Crippen molar-refractivity contribution in [2.75, 3.05) is 45.9 Å². The summed E-state index contributed by atoms with van der Waals surface area (Å²) in [5.74, 6) is 3.41. The van der Waals surface area contributed by atoms with Crippen molar-refractivity contribution in [2.45, 2.75) is 45.8 Å². The van der Waals surface area contributed by atoms with Crippen molar-refractivity contribution in [1.29, 1.82) is 0 Å². The highest BCUT2D eigenvalue weighted by Gasteiger charge is 2.56. The van der Waals surface area contributed by atoms with E-state index in [1.54, 1.807) is 0 Å². The number of ether oxygens (including phenoxy) is 1. The molecule has 3 aliphatic carbocycles. The van der Waals surface area contributed by atoms with Crippen molar-refractivity contribution in [3.05, 3.63) is 48.5 Å². The summed E-state index contributed by atoms with van der Waals surface area (Å²) in [4.78, 5) is 21.9. The van der Waals surface area contributed by atoms with Gasteiger partial charge in [-0.15, -0.1) is 0 Å². The van der Waals surface area contributed by atoms with E-state index in [-0.39, 0.29) is 12.5 Å². The third-order valence-corrected chi connectivity index (χ3v) is 9.82. The van der Waals surface area contributed by atoms with Gasteiger partial charge in [-0.2, -0.15) is 0 Å². The predicted octanol–water partition coefficient (Wildman–Crippen LogP) is 4.04. The number of oxazole rings is 1. The number of benzene rings is 2. The average Bonchev–Trinajstić information content (AvgIpc) is 3.38. The van der Waals surface area contributed by atoms with E-state index in [4.69, 9.17) is 9.15 Å². The highest BCUT2D eigenvalue weighted by atomic mass is 16.5. The van der Waals surface area contributed by atoms with Crippen LogP contribution < -0.4 is 10.1 Å². The van der Waals surface area contributed by atoms with E-state index in [2.05, 4.69) is 40.9 Å². The van der Waals surface area contributed by atoms with E-state index >= 15 is 0 Å². The molecule has 1 aromatic heterocycles. The van der Waals surface area contributed by atoms with Gasteiger partial charge in [-0.1, -0.05) is 39.0 Å². The molecule has 1 aliphatic heterocycles. The third kappa shape index (κ3) is 5.62. The van der Waals surface area contributed by atoms with Gasteiger partial charge >= 0.3 is 0 Å². The molecule has 1 saturated heterocycles. The molecule has 2 heterocycles. The first-order chi connectivity index (χ1) is 19.3. The quantitative estimate of drug-likeness (QED) is 0.419. The van der Waals surface area contributed by atoms with Crippen molar-refractivity contribution >= 4 is 17.0 Å². The highest BCUT2D eigenvalue weighted by molar-refractivity contribution is 5.78. The van der Waals surface area contributed by atoms with Crippen LogP contribution in [-0.2, 0) is 4.79 Å². The number of hydrogen-bond donors (Lipinski definition) is 2. The second-order valence-corrected chi connectivity index (χ2v) is 12.7. The molecule has 214 valence electrons. The number of carbonyl (C=O) groups is 1. The first-order valence-corrected chi connectivity index (χ1v) is 14.8. The molecule has 4 fully saturated rings. The molecule has 5 atom stereocenters. The number of aromatic nitrogens is 1. The highest BCUT2D eigenvalue weighted by Crippen LogP contribution is 2.61. The SMILES string of the molecule is CC1C(NC(=O)CN2CCN(C[C@@H](O)COc3ccc4oc(-c5ccccc5)nc4c3)CC2)CC2CC1C2(C)C. The number of aliphatic hydroxyl groups excluding tert-OH is 1. The van der Waals surface area contributed by atoms with Gasteiger partial charge in [0, 0.05) is 50.4 Å². The van der Waals surface area contributed by atoms with Gasteiger partial charge in [0.15, 0.2) is 5.58 Å². The van der Waals surface area contributed by atoms with E-state index in [1.165, 1.54) is 6.42 Å². The minimum absolute atomic E-state index is 0.151. The predicted molar refractivity (Wildman–Crippen MR) is 155 cm³/mol. The maximum Gasteiger partial charge on any atom is 0.234 e. The Morgan fingerprint density at radius 3 is 2.60 bits per heavy atom. The van der Waals surface area contributed by atoms with E-state index in [9.17, 15) is 9.90 Å². The van der Waals surface area contributed by atoms with Crippen molar-refractivity contribution in [1.82, 2.24) is 20.1 Å². The molecule has 3 aromatic rings. The van der Waals surface area contributed by atoms with Gasteiger partial charge in [0.1, 0.15) is 24.0 Å². The Bertz CT molecular complexity index is 1320. The molecule has 1 amide bonds. The Morgan fingerprint density at radius 1 is 1.12 bits per heavy atom. The van der Waals surface area contributed by atoms with E-state index in [0.717, 1.165) is 55.5 Å². The van der Waals surface area contributed by atoms with Crippen LogP contribution in [0.1, 0.15) is 33.6 Å². The maximum absolute atomic E-state index is 12.8. The summed E-state index contributed by atoms with van der Waals surface area (Å²) in [5.41, 5.74) is 2.79. The molecule has 4 unspecified atom stereocenters. The van der Waals surface area contributed by atoms with Gasteiger partial charge in [0.05, 0.1) is 6.54 Å². The summed E-state index contributed by atoms with van der Waals surface area (Å²) in [5, 5.41) is 14.0. The lowest BCUT2D eigenvalue weighted by atomic mass is 9.45. The van der Waals surface area contributed by atoms with Crippen LogP contribution in [0, 0.1) is 23.2 Å². The van der Waals surface area contributed by atoms with Crippen molar-refractivity contribution in [3.8, 4) is 17.2 Å². The summed E-state index contributed by atoms with van der Waals surface area (Å²) in [6.45, 7) is 11.6. The van der Waals surface area contributed by atoms with Gasteiger partial charge in [0.2, 0.25) is 11.8 Å². The van der Waals surface area contributed by atoms with Crippen LogP contribution in [0.25, 0.3) is 22.6 Å². The molecule has 0 radical (unpaired) electrons. The molecule has 8 heteroatoms. The first kappa shape index (κ1) is 27.2. The Kier molecular flexibility index (Phi) is 7.59. The Labute approximate surface area is 236 Å². The van der Waals surface area contributed by atoms with Gasteiger partial charge in [0.25, 0.3) is 0 Å². The number of nitrogens with zero attached hydrogens (tertiary/aromatic N) is 3. The number of aliphatic hydroxyl groups is 1. The number of fused-ring (bicyclic) bond motifs is 3. The molecular weight excluding hydrogens is 504 g/mol. The Balaban J connectivity index is 0.916. The van der Waals surface area contributed by atoms with E-state index in [0.29, 0.717) is 47.7 Å². The average molecular weight is 547 g/mol. The van der Waals surface area contributed by atoms with Crippen molar-refractivity contribution in [2.24, 2.45) is 23.2 Å². The molecule has 3 saturated carbocycles. The third-order valence-electron chi connectivity index (χ3n) is 9.82. The van der Waals surface area contributed by atoms with Gasteiger partial charge < -0.3 is 19.6 Å².